The van der Waals surface area contributed by atoms with Crippen molar-refractivity contribution < 1.29 is 18.9 Å². The molecule has 1 aliphatic heterocycles. The predicted octanol–water partition coefficient (Wildman–Crippen LogP) is 1.78. The molecule has 118 valence electrons. The summed E-state index contributed by atoms with van der Waals surface area (Å²) in [5.74, 6) is 0.944. The van der Waals surface area contributed by atoms with Crippen molar-refractivity contribution in [2.45, 2.75) is 18.6 Å². The Morgan fingerprint density at radius 1 is 1.19 bits per heavy atom. The highest BCUT2D eigenvalue weighted by Crippen LogP contribution is 2.32. The van der Waals surface area contributed by atoms with Crippen LogP contribution in [-0.2, 0) is 14.2 Å². The Labute approximate surface area is 126 Å². The predicted molar refractivity (Wildman–Crippen MR) is 80.8 cm³/mol. The number of nitrogens with one attached hydrogen (secondary N) is 1. The number of hydrogen-bond acceptors (Lipinski definition) is 5. The summed E-state index contributed by atoms with van der Waals surface area (Å²) in [6.07, 6.45) is 0.905. The van der Waals surface area contributed by atoms with E-state index in [1.165, 1.54) is 0 Å². The fourth-order valence-electron chi connectivity index (χ4n) is 2.46. The number of ether oxygens (including phenoxy) is 4. The minimum atomic E-state index is 0.0314. The highest BCUT2D eigenvalue weighted by molar-refractivity contribution is 5.38. The number of likely N-dealkylation sites (N-methyl/N-ethyl adjacent to an activating group) is 1. The van der Waals surface area contributed by atoms with Gasteiger partial charge in [0.25, 0.3) is 0 Å². The van der Waals surface area contributed by atoms with Gasteiger partial charge in [-0.15, -0.1) is 0 Å². The van der Waals surface area contributed by atoms with Crippen LogP contribution < -0.4 is 10.1 Å². The molecule has 0 aliphatic carbocycles. The van der Waals surface area contributed by atoms with E-state index in [0.29, 0.717) is 33.0 Å². The van der Waals surface area contributed by atoms with Crippen LogP contribution in [0.25, 0.3) is 0 Å². The molecule has 1 aromatic carbocycles. The third kappa shape index (κ3) is 4.68. The standard InChI is InChI=1S/C16H25NO4/c1-17-16-13-6-3-4-7-14(13)21-12-15(16)20-9-5-8-19-11-10-18-2/h3-4,6-7,15-17H,5,8-12H2,1-2H3. The van der Waals surface area contributed by atoms with Gasteiger partial charge in [0.05, 0.1) is 19.3 Å². The highest BCUT2D eigenvalue weighted by atomic mass is 16.5. The quantitative estimate of drug-likeness (QED) is 0.704. The molecular weight excluding hydrogens is 270 g/mol. The molecule has 1 aromatic rings. The lowest BCUT2D eigenvalue weighted by atomic mass is 9.98. The number of para-hydroxylation sites is 1. The molecule has 0 radical (unpaired) electrons. The minimum Gasteiger partial charge on any atom is -0.490 e. The van der Waals surface area contributed by atoms with Crippen molar-refractivity contribution in [2.24, 2.45) is 0 Å². The van der Waals surface area contributed by atoms with Crippen LogP contribution in [0.2, 0.25) is 0 Å². The Bertz CT molecular complexity index is 413. The Morgan fingerprint density at radius 2 is 2.05 bits per heavy atom. The summed E-state index contributed by atoms with van der Waals surface area (Å²) >= 11 is 0. The van der Waals surface area contributed by atoms with Gasteiger partial charge >= 0.3 is 0 Å². The molecule has 0 bridgehead atoms. The summed E-state index contributed by atoms with van der Waals surface area (Å²) in [5, 5.41) is 3.33. The minimum absolute atomic E-state index is 0.0314. The Balaban J connectivity index is 1.74. The van der Waals surface area contributed by atoms with Gasteiger partial charge in [0.1, 0.15) is 18.5 Å². The topological polar surface area (TPSA) is 49.0 Å². The molecule has 2 rings (SSSR count). The lowest BCUT2D eigenvalue weighted by Crippen LogP contribution is -2.40. The van der Waals surface area contributed by atoms with Gasteiger partial charge in [-0.1, -0.05) is 18.2 Å². The zero-order valence-electron chi connectivity index (χ0n) is 12.8. The highest BCUT2D eigenvalue weighted by Gasteiger charge is 2.30. The van der Waals surface area contributed by atoms with Gasteiger partial charge in [0.15, 0.2) is 0 Å². The van der Waals surface area contributed by atoms with E-state index in [1.54, 1.807) is 7.11 Å². The molecular formula is C16H25NO4. The van der Waals surface area contributed by atoms with Crippen LogP contribution in [0.4, 0.5) is 0 Å². The van der Waals surface area contributed by atoms with Gasteiger partial charge in [0, 0.05) is 25.9 Å². The number of hydrogen-bond donors (Lipinski definition) is 1. The van der Waals surface area contributed by atoms with Crippen LogP contribution in [0.5, 0.6) is 5.75 Å². The summed E-state index contributed by atoms with van der Waals surface area (Å²) in [4.78, 5) is 0. The molecule has 2 atom stereocenters. The van der Waals surface area contributed by atoms with E-state index in [9.17, 15) is 0 Å². The summed E-state index contributed by atoms with van der Waals surface area (Å²) in [6.45, 7) is 3.21. The summed E-state index contributed by atoms with van der Waals surface area (Å²) in [6, 6.07) is 8.27. The van der Waals surface area contributed by atoms with Gasteiger partial charge < -0.3 is 24.3 Å². The first-order valence-corrected chi connectivity index (χ1v) is 7.44. The monoisotopic (exact) mass is 295 g/mol. The number of methoxy groups -OCH3 is 1. The third-order valence-corrected chi connectivity index (χ3v) is 3.54. The first-order chi connectivity index (χ1) is 10.4. The van der Waals surface area contributed by atoms with Crippen molar-refractivity contribution >= 4 is 0 Å². The van der Waals surface area contributed by atoms with Crippen LogP contribution >= 0.6 is 0 Å². The van der Waals surface area contributed by atoms with Crippen molar-refractivity contribution in [3.05, 3.63) is 29.8 Å². The molecule has 0 amide bonds. The average molecular weight is 295 g/mol. The molecule has 21 heavy (non-hydrogen) atoms. The maximum absolute atomic E-state index is 5.95. The van der Waals surface area contributed by atoms with E-state index >= 15 is 0 Å². The van der Waals surface area contributed by atoms with Crippen LogP contribution in [0, 0.1) is 0 Å². The SMILES string of the molecule is CNC1c2ccccc2OCC1OCCCOCCOC. The molecule has 1 heterocycles. The van der Waals surface area contributed by atoms with Crippen molar-refractivity contribution in [3.8, 4) is 5.75 Å². The second kappa shape index (κ2) is 9.00. The zero-order chi connectivity index (χ0) is 14.9. The van der Waals surface area contributed by atoms with E-state index in [-0.39, 0.29) is 12.1 Å². The maximum atomic E-state index is 5.95. The number of benzene rings is 1. The second-order valence-electron chi connectivity index (χ2n) is 4.98. The molecule has 5 heteroatoms. The van der Waals surface area contributed by atoms with E-state index in [0.717, 1.165) is 17.7 Å². The lowest BCUT2D eigenvalue weighted by Gasteiger charge is -2.33. The summed E-state index contributed by atoms with van der Waals surface area (Å²) in [7, 11) is 3.63. The lowest BCUT2D eigenvalue weighted by molar-refractivity contribution is -0.0239. The maximum Gasteiger partial charge on any atom is 0.124 e. The molecule has 0 aromatic heterocycles. The molecule has 0 fully saturated rings. The first kappa shape index (κ1) is 16.2. The van der Waals surface area contributed by atoms with E-state index in [2.05, 4.69) is 11.4 Å². The zero-order valence-corrected chi connectivity index (χ0v) is 12.8. The number of fused-ring (bicyclic) bond motifs is 1. The molecule has 0 spiro atoms. The largest absolute Gasteiger partial charge is 0.490 e. The van der Waals surface area contributed by atoms with Gasteiger partial charge in [-0.2, -0.15) is 0 Å². The van der Waals surface area contributed by atoms with Crippen LogP contribution in [0.3, 0.4) is 0 Å². The first-order valence-electron chi connectivity index (χ1n) is 7.44. The third-order valence-electron chi connectivity index (χ3n) is 3.54. The van der Waals surface area contributed by atoms with Crippen LogP contribution in [0.1, 0.15) is 18.0 Å². The molecule has 0 saturated carbocycles. The average Bonchev–Trinajstić information content (AvgIpc) is 2.53. The van der Waals surface area contributed by atoms with E-state index in [1.807, 2.05) is 25.2 Å². The van der Waals surface area contributed by atoms with Gasteiger partial charge in [0.2, 0.25) is 0 Å². The summed E-state index contributed by atoms with van der Waals surface area (Å²) in [5.41, 5.74) is 1.16. The second-order valence-corrected chi connectivity index (χ2v) is 4.98. The van der Waals surface area contributed by atoms with Crippen molar-refractivity contribution in [1.29, 1.82) is 0 Å². The molecule has 2 unspecified atom stereocenters. The Morgan fingerprint density at radius 3 is 2.86 bits per heavy atom. The van der Waals surface area contributed by atoms with Gasteiger partial charge in [-0.05, 0) is 19.5 Å². The van der Waals surface area contributed by atoms with E-state index in [4.69, 9.17) is 18.9 Å². The van der Waals surface area contributed by atoms with Gasteiger partial charge in [-0.3, -0.25) is 0 Å². The Hall–Kier alpha value is -1.14. The van der Waals surface area contributed by atoms with Crippen LogP contribution in [0.15, 0.2) is 24.3 Å². The molecule has 5 nitrogen and oxygen atoms in total. The summed E-state index contributed by atoms with van der Waals surface area (Å²) < 4.78 is 22.1. The van der Waals surface area contributed by atoms with Crippen LogP contribution in [-0.4, -0.2) is 53.3 Å². The fraction of sp³-hybridized carbons (Fsp3) is 0.625. The van der Waals surface area contributed by atoms with E-state index < -0.39 is 0 Å². The number of rotatable bonds is 9. The molecule has 1 aliphatic rings. The van der Waals surface area contributed by atoms with Crippen molar-refractivity contribution in [1.82, 2.24) is 5.32 Å². The molecule has 1 N–H and O–H groups in total. The van der Waals surface area contributed by atoms with Crippen molar-refractivity contribution in [2.75, 3.05) is 47.2 Å². The van der Waals surface area contributed by atoms with Crippen molar-refractivity contribution in [3.63, 3.8) is 0 Å². The molecule has 0 saturated heterocycles. The fourth-order valence-corrected chi connectivity index (χ4v) is 2.46. The Kier molecular flexibility index (Phi) is 6.95. The normalized spacial score (nSPS) is 20.9. The smallest absolute Gasteiger partial charge is 0.124 e. The van der Waals surface area contributed by atoms with Gasteiger partial charge in [-0.25, -0.2) is 0 Å².